The molecular weight excluding hydrogens is 328 g/mol. The minimum Gasteiger partial charge on any atom is -0.385 e. The van der Waals surface area contributed by atoms with Crippen LogP contribution in [0.3, 0.4) is 0 Å². The van der Waals surface area contributed by atoms with E-state index < -0.39 is 5.97 Å². The summed E-state index contributed by atoms with van der Waals surface area (Å²) >= 11 is 0. The highest BCUT2D eigenvalue weighted by molar-refractivity contribution is 4.73. The van der Waals surface area contributed by atoms with Gasteiger partial charge in [-0.15, -0.1) is 0 Å². The van der Waals surface area contributed by atoms with Gasteiger partial charge in [0.25, 0.3) is 5.97 Å². The molecule has 0 radical (unpaired) electrons. The van der Waals surface area contributed by atoms with Crippen LogP contribution in [0.5, 0.6) is 0 Å². The van der Waals surface area contributed by atoms with Crippen molar-refractivity contribution in [2.75, 3.05) is 33.5 Å². The standard InChI is InChI=1S/C22H46O4/c1-6-10-11-12-13-14-15-21(16-20-23-5)22(24-17-7-2,25-18-8-3)26-19-9-4/h21H,6-20H2,1-5H3. The van der Waals surface area contributed by atoms with Gasteiger partial charge in [0, 0.05) is 19.6 Å². The van der Waals surface area contributed by atoms with Crippen molar-refractivity contribution in [3.63, 3.8) is 0 Å². The van der Waals surface area contributed by atoms with Gasteiger partial charge in [0.2, 0.25) is 0 Å². The van der Waals surface area contributed by atoms with E-state index in [9.17, 15) is 0 Å². The summed E-state index contributed by atoms with van der Waals surface area (Å²) in [6.07, 6.45) is 12.6. The highest BCUT2D eigenvalue weighted by atomic mass is 16.9. The molecule has 1 unspecified atom stereocenters. The number of unbranched alkanes of at least 4 members (excludes halogenated alkanes) is 5. The first-order valence-electron chi connectivity index (χ1n) is 11.1. The van der Waals surface area contributed by atoms with Gasteiger partial charge in [-0.1, -0.05) is 66.2 Å². The Balaban J connectivity index is 4.98. The van der Waals surface area contributed by atoms with Crippen LogP contribution < -0.4 is 0 Å². The average Bonchev–Trinajstić information content (AvgIpc) is 2.67. The zero-order valence-electron chi connectivity index (χ0n) is 18.3. The van der Waals surface area contributed by atoms with Gasteiger partial charge in [-0.2, -0.15) is 0 Å². The van der Waals surface area contributed by atoms with Crippen molar-refractivity contribution in [1.82, 2.24) is 0 Å². The van der Waals surface area contributed by atoms with Gasteiger partial charge in [0.05, 0.1) is 19.8 Å². The molecule has 0 aliphatic carbocycles. The predicted molar refractivity (Wildman–Crippen MR) is 109 cm³/mol. The third kappa shape index (κ3) is 11.5. The van der Waals surface area contributed by atoms with Crippen molar-refractivity contribution in [2.45, 2.75) is 104 Å². The molecule has 0 aromatic heterocycles. The second-order valence-electron chi connectivity index (χ2n) is 7.18. The lowest BCUT2D eigenvalue weighted by atomic mass is 9.94. The van der Waals surface area contributed by atoms with Crippen LogP contribution in [-0.2, 0) is 18.9 Å². The largest absolute Gasteiger partial charge is 0.385 e. The Morgan fingerprint density at radius 1 is 0.577 bits per heavy atom. The zero-order chi connectivity index (χ0) is 19.5. The maximum absolute atomic E-state index is 6.24. The normalized spacial score (nSPS) is 13.3. The number of ether oxygens (including phenoxy) is 4. The van der Waals surface area contributed by atoms with Gasteiger partial charge in [-0.05, 0) is 32.1 Å². The Morgan fingerprint density at radius 2 is 1.08 bits per heavy atom. The van der Waals surface area contributed by atoms with Crippen LogP contribution in [0, 0.1) is 5.92 Å². The Bertz CT molecular complexity index is 262. The monoisotopic (exact) mass is 374 g/mol. The Morgan fingerprint density at radius 3 is 1.54 bits per heavy atom. The van der Waals surface area contributed by atoms with E-state index >= 15 is 0 Å². The summed E-state index contributed by atoms with van der Waals surface area (Å²) in [4.78, 5) is 0. The van der Waals surface area contributed by atoms with Crippen LogP contribution in [-0.4, -0.2) is 39.5 Å². The molecule has 0 fully saturated rings. The summed E-state index contributed by atoms with van der Waals surface area (Å²) in [5.41, 5.74) is 0. The van der Waals surface area contributed by atoms with Gasteiger partial charge in [-0.3, -0.25) is 0 Å². The molecular formula is C22H46O4. The SMILES string of the molecule is CCCCCCCCC(CCOC)C(OCCC)(OCCC)OCCC. The molecule has 0 bridgehead atoms. The van der Waals surface area contributed by atoms with Crippen molar-refractivity contribution in [3.8, 4) is 0 Å². The Hall–Kier alpha value is -0.160. The quantitative estimate of drug-likeness (QED) is 0.184. The molecule has 158 valence electrons. The van der Waals surface area contributed by atoms with Crippen LogP contribution in [0.2, 0.25) is 0 Å². The summed E-state index contributed by atoms with van der Waals surface area (Å²) in [5, 5.41) is 0. The number of hydrogen-bond acceptors (Lipinski definition) is 4. The molecule has 4 nitrogen and oxygen atoms in total. The summed E-state index contributed by atoms with van der Waals surface area (Å²) in [5.74, 6) is -0.706. The van der Waals surface area contributed by atoms with E-state index in [0.29, 0.717) is 26.4 Å². The van der Waals surface area contributed by atoms with Gasteiger partial charge < -0.3 is 18.9 Å². The molecule has 0 amide bonds. The van der Waals surface area contributed by atoms with E-state index in [1.165, 1.54) is 38.5 Å². The number of rotatable bonds is 20. The lowest BCUT2D eigenvalue weighted by Gasteiger charge is -2.40. The fourth-order valence-corrected chi connectivity index (χ4v) is 3.14. The smallest absolute Gasteiger partial charge is 0.285 e. The molecule has 4 heteroatoms. The van der Waals surface area contributed by atoms with Gasteiger partial charge in [0.15, 0.2) is 0 Å². The predicted octanol–water partition coefficient (Wildman–Crippen LogP) is 6.32. The maximum Gasteiger partial charge on any atom is 0.285 e. The molecule has 0 saturated heterocycles. The van der Waals surface area contributed by atoms with Crippen LogP contribution in [0.1, 0.15) is 98.3 Å². The van der Waals surface area contributed by atoms with Crippen LogP contribution in [0.4, 0.5) is 0 Å². The van der Waals surface area contributed by atoms with Crippen molar-refractivity contribution >= 4 is 0 Å². The molecule has 0 aromatic carbocycles. The van der Waals surface area contributed by atoms with Gasteiger partial charge in [0.1, 0.15) is 0 Å². The van der Waals surface area contributed by atoms with Crippen LogP contribution in [0.25, 0.3) is 0 Å². The second-order valence-corrected chi connectivity index (χ2v) is 7.18. The van der Waals surface area contributed by atoms with Crippen molar-refractivity contribution in [1.29, 1.82) is 0 Å². The molecule has 0 rings (SSSR count). The zero-order valence-corrected chi connectivity index (χ0v) is 18.3. The van der Waals surface area contributed by atoms with E-state index in [1.807, 2.05) is 0 Å². The van der Waals surface area contributed by atoms with E-state index in [2.05, 4.69) is 27.7 Å². The lowest BCUT2D eigenvalue weighted by Crippen LogP contribution is -2.47. The summed E-state index contributed by atoms with van der Waals surface area (Å²) in [6, 6.07) is 0. The molecule has 0 aliphatic rings. The molecule has 0 saturated carbocycles. The third-order valence-electron chi connectivity index (χ3n) is 4.60. The first kappa shape index (κ1) is 25.8. The molecule has 0 aromatic rings. The number of methoxy groups -OCH3 is 1. The minimum absolute atomic E-state index is 0.207. The third-order valence-corrected chi connectivity index (χ3v) is 4.60. The summed E-state index contributed by atoms with van der Waals surface area (Å²) in [6.45, 7) is 11.3. The van der Waals surface area contributed by atoms with Crippen molar-refractivity contribution < 1.29 is 18.9 Å². The lowest BCUT2D eigenvalue weighted by molar-refractivity contribution is -0.407. The Kier molecular flexibility index (Phi) is 18.1. The van der Waals surface area contributed by atoms with Gasteiger partial charge >= 0.3 is 0 Å². The second kappa shape index (κ2) is 18.2. The molecule has 0 N–H and O–H groups in total. The minimum atomic E-state index is -0.913. The Labute approximate surface area is 163 Å². The van der Waals surface area contributed by atoms with Crippen LogP contribution >= 0.6 is 0 Å². The molecule has 26 heavy (non-hydrogen) atoms. The van der Waals surface area contributed by atoms with E-state index in [1.54, 1.807) is 7.11 Å². The maximum atomic E-state index is 6.24. The fraction of sp³-hybridized carbons (Fsp3) is 1.00. The highest BCUT2D eigenvalue weighted by Gasteiger charge is 2.42. The molecule has 0 heterocycles. The summed E-state index contributed by atoms with van der Waals surface area (Å²) in [7, 11) is 1.76. The average molecular weight is 375 g/mol. The van der Waals surface area contributed by atoms with E-state index in [-0.39, 0.29) is 5.92 Å². The van der Waals surface area contributed by atoms with Crippen molar-refractivity contribution in [2.24, 2.45) is 5.92 Å². The first-order chi connectivity index (χ1) is 12.7. The van der Waals surface area contributed by atoms with Gasteiger partial charge in [-0.25, -0.2) is 0 Å². The van der Waals surface area contributed by atoms with E-state index in [4.69, 9.17) is 18.9 Å². The van der Waals surface area contributed by atoms with Crippen molar-refractivity contribution in [3.05, 3.63) is 0 Å². The highest BCUT2D eigenvalue weighted by Crippen LogP contribution is 2.34. The fourth-order valence-electron chi connectivity index (χ4n) is 3.14. The van der Waals surface area contributed by atoms with E-state index in [0.717, 1.165) is 32.1 Å². The van der Waals surface area contributed by atoms with Crippen LogP contribution in [0.15, 0.2) is 0 Å². The topological polar surface area (TPSA) is 36.9 Å². The molecule has 1 atom stereocenters. The summed E-state index contributed by atoms with van der Waals surface area (Å²) < 4.78 is 24.1. The molecule has 0 aliphatic heterocycles. The molecule has 0 spiro atoms. The number of hydrogen-bond donors (Lipinski definition) is 0. The first-order valence-corrected chi connectivity index (χ1v) is 11.1.